The number of allylic oxidation sites excluding steroid dienone is 3. The van der Waals surface area contributed by atoms with Crippen molar-refractivity contribution in [2.45, 2.75) is 0 Å². The number of aliphatic imine (C=N–C) groups is 1. The van der Waals surface area contributed by atoms with Crippen LogP contribution >= 0.6 is 0 Å². The smallest absolute Gasteiger partial charge is 0.269 e. The topological polar surface area (TPSA) is 94.6 Å². The lowest BCUT2D eigenvalue weighted by Gasteiger charge is -2.29. The third-order valence-electron chi connectivity index (χ3n) is 8.09. The largest absolute Gasteiger partial charge is 0.309 e. The van der Waals surface area contributed by atoms with Gasteiger partial charge in [0.1, 0.15) is 0 Å². The van der Waals surface area contributed by atoms with Gasteiger partial charge in [-0.1, -0.05) is 91.0 Å². The van der Waals surface area contributed by atoms with Crippen molar-refractivity contribution in [1.82, 2.24) is 4.57 Å². The molecule has 0 amide bonds. The first-order valence-electron chi connectivity index (χ1n) is 14.2. The van der Waals surface area contributed by atoms with Crippen molar-refractivity contribution >= 4 is 23.5 Å². The van der Waals surface area contributed by atoms with E-state index < -0.39 is 16.8 Å². The standard InChI is InChI=1S/C37H25N3O4/c41-36-30-13-7-8-14-31(30)37(42)33-22-27(15-20-32(33)36)38-23-26-21-34(24-9-3-1-4-10-24)39(35(26)25-11-5-2-6-12-25)28-16-18-29(19-17-28)40(43)44/h1-23,32-33H/t32-,33-/m1/s1. The molecule has 1 heterocycles. The number of carbonyl (C=O) groups excluding carboxylic acids is 2. The molecule has 0 unspecified atom stereocenters. The minimum Gasteiger partial charge on any atom is -0.309 e. The summed E-state index contributed by atoms with van der Waals surface area (Å²) in [6.07, 6.45) is 7.13. The third kappa shape index (κ3) is 4.70. The van der Waals surface area contributed by atoms with E-state index in [-0.39, 0.29) is 17.3 Å². The van der Waals surface area contributed by atoms with Crippen LogP contribution in [0.4, 0.5) is 5.69 Å². The molecule has 44 heavy (non-hydrogen) atoms. The minimum atomic E-state index is -0.604. The van der Waals surface area contributed by atoms with E-state index in [2.05, 4.69) is 4.57 Å². The van der Waals surface area contributed by atoms with Gasteiger partial charge < -0.3 is 4.57 Å². The molecule has 2 aliphatic carbocycles. The number of nitrogens with zero attached hydrogens (tertiary/aromatic N) is 3. The Morgan fingerprint density at radius 2 is 1.32 bits per heavy atom. The summed E-state index contributed by atoms with van der Waals surface area (Å²) >= 11 is 0. The van der Waals surface area contributed by atoms with Crippen LogP contribution in [0.2, 0.25) is 0 Å². The average molecular weight is 576 g/mol. The van der Waals surface area contributed by atoms with Gasteiger partial charge in [-0.25, -0.2) is 0 Å². The molecule has 7 rings (SSSR count). The van der Waals surface area contributed by atoms with Crippen molar-refractivity contribution in [1.29, 1.82) is 0 Å². The van der Waals surface area contributed by atoms with Gasteiger partial charge in [-0.2, -0.15) is 0 Å². The number of nitro groups is 1. The Bertz CT molecular complexity index is 2020. The molecule has 2 aliphatic rings. The second kappa shape index (κ2) is 11.0. The SMILES string of the molecule is O=C1c2ccccc2C(=O)[C@@H]2C=C(N=Cc3cc(-c4ccccc4)n(-c4ccc([N+](=O)[O-])cc4)c3-c3ccccc3)C=C[C@@H]12. The second-order valence-corrected chi connectivity index (χ2v) is 10.7. The van der Waals surface area contributed by atoms with Crippen molar-refractivity contribution in [2.24, 2.45) is 16.8 Å². The zero-order chi connectivity index (χ0) is 30.2. The molecule has 2 atom stereocenters. The zero-order valence-corrected chi connectivity index (χ0v) is 23.4. The van der Waals surface area contributed by atoms with E-state index in [1.165, 1.54) is 12.1 Å². The summed E-state index contributed by atoms with van der Waals surface area (Å²) < 4.78 is 2.08. The molecule has 0 saturated carbocycles. The molecule has 0 N–H and O–H groups in total. The van der Waals surface area contributed by atoms with E-state index in [9.17, 15) is 19.7 Å². The first kappa shape index (κ1) is 26.9. The average Bonchev–Trinajstić information content (AvgIpc) is 3.46. The maximum Gasteiger partial charge on any atom is 0.269 e. The Morgan fingerprint density at radius 3 is 1.95 bits per heavy atom. The predicted octanol–water partition coefficient (Wildman–Crippen LogP) is 7.90. The molecule has 0 radical (unpaired) electrons. The van der Waals surface area contributed by atoms with Crippen molar-refractivity contribution in [2.75, 3.05) is 0 Å². The fraction of sp³-hybridized carbons (Fsp3) is 0.0541. The number of benzene rings is 4. The Morgan fingerprint density at radius 1 is 0.727 bits per heavy atom. The Hall–Kier alpha value is -5.95. The first-order chi connectivity index (χ1) is 21.5. The number of aromatic nitrogens is 1. The number of fused-ring (bicyclic) bond motifs is 2. The fourth-order valence-electron chi connectivity index (χ4n) is 5.99. The lowest BCUT2D eigenvalue weighted by molar-refractivity contribution is -0.384. The lowest BCUT2D eigenvalue weighted by Crippen LogP contribution is -2.35. The first-order valence-corrected chi connectivity index (χ1v) is 14.2. The van der Waals surface area contributed by atoms with Gasteiger partial charge in [-0.05, 0) is 41.5 Å². The fourth-order valence-corrected chi connectivity index (χ4v) is 5.99. The normalized spacial score (nSPS) is 17.3. The van der Waals surface area contributed by atoms with E-state index in [0.29, 0.717) is 16.8 Å². The van der Waals surface area contributed by atoms with Gasteiger partial charge >= 0.3 is 0 Å². The molecular weight excluding hydrogens is 550 g/mol. The van der Waals surface area contributed by atoms with Crippen LogP contribution in [0.1, 0.15) is 26.3 Å². The molecule has 0 saturated heterocycles. The van der Waals surface area contributed by atoms with Gasteiger partial charge in [0.2, 0.25) is 0 Å². The van der Waals surface area contributed by atoms with Crippen LogP contribution in [0.5, 0.6) is 0 Å². The number of hydrogen-bond acceptors (Lipinski definition) is 5. The lowest BCUT2D eigenvalue weighted by atomic mass is 9.72. The van der Waals surface area contributed by atoms with Crippen molar-refractivity contribution in [3.8, 4) is 28.2 Å². The summed E-state index contributed by atoms with van der Waals surface area (Å²) in [5.41, 5.74) is 6.76. The molecule has 7 nitrogen and oxygen atoms in total. The summed E-state index contributed by atoms with van der Waals surface area (Å²) in [6.45, 7) is 0. The number of non-ortho nitro benzene ring substituents is 1. The summed E-state index contributed by atoms with van der Waals surface area (Å²) in [4.78, 5) is 42.3. The molecule has 4 aromatic carbocycles. The highest BCUT2D eigenvalue weighted by molar-refractivity contribution is 6.17. The zero-order valence-electron chi connectivity index (χ0n) is 23.4. The third-order valence-corrected chi connectivity index (χ3v) is 8.09. The van der Waals surface area contributed by atoms with E-state index >= 15 is 0 Å². The van der Waals surface area contributed by atoms with Gasteiger partial charge in [0.15, 0.2) is 11.6 Å². The Labute approximate surface area is 253 Å². The van der Waals surface area contributed by atoms with Crippen LogP contribution in [-0.2, 0) is 0 Å². The van der Waals surface area contributed by atoms with Crippen LogP contribution in [-0.4, -0.2) is 27.3 Å². The monoisotopic (exact) mass is 575 g/mol. The van der Waals surface area contributed by atoms with Gasteiger partial charge in [0.05, 0.1) is 33.8 Å². The van der Waals surface area contributed by atoms with E-state index in [1.807, 2.05) is 66.7 Å². The Balaban J connectivity index is 1.35. The summed E-state index contributed by atoms with van der Waals surface area (Å²) in [6, 6.07) is 35.3. The number of Topliss-reactive ketones (excluding diaryl/α,β-unsaturated/α-hetero) is 2. The molecule has 0 fully saturated rings. The Kier molecular flexibility index (Phi) is 6.75. The number of nitro benzene ring substituents is 1. The van der Waals surface area contributed by atoms with Crippen LogP contribution in [0.15, 0.2) is 144 Å². The van der Waals surface area contributed by atoms with Gasteiger partial charge in [-0.15, -0.1) is 0 Å². The highest BCUT2D eigenvalue weighted by Crippen LogP contribution is 2.38. The van der Waals surface area contributed by atoms with Crippen molar-refractivity contribution in [3.63, 3.8) is 0 Å². The molecule has 1 aromatic heterocycles. The molecule has 0 aliphatic heterocycles. The van der Waals surface area contributed by atoms with Gasteiger partial charge in [0, 0.05) is 40.7 Å². The maximum atomic E-state index is 13.4. The molecule has 7 heteroatoms. The summed E-state index contributed by atoms with van der Waals surface area (Å²) in [5.74, 6) is -1.28. The molecule has 0 bridgehead atoms. The molecular formula is C37H25N3O4. The van der Waals surface area contributed by atoms with Gasteiger partial charge in [-0.3, -0.25) is 24.7 Å². The molecule has 5 aromatic rings. The van der Waals surface area contributed by atoms with E-state index in [4.69, 9.17) is 4.99 Å². The van der Waals surface area contributed by atoms with Crippen LogP contribution in [0, 0.1) is 22.0 Å². The van der Waals surface area contributed by atoms with E-state index in [0.717, 1.165) is 33.8 Å². The maximum absolute atomic E-state index is 13.4. The van der Waals surface area contributed by atoms with Crippen LogP contribution in [0.3, 0.4) is 0 Å². The van der Waals surface area contributed by atoms with Crippen LogP contribution in [0.25, 0.3) is 28.2 Å². The highest BCUT2D eigenvalue weighted by atomic mass is 16.6. The van der Waals surface area contributed by atoms with Crippen molar-refractivity contribution in [3.05, 3.63) is 166 Å². The van der Waals surface area contributed by atoms with Crippen LogP contribution < -0.4 is 0 Å². The highest BCUT2D eigenvalue weighted by Gasteiger charge is 2.40. The van der Waals surface area contributed by atoms with Crippen molar-refractivity contribution < 1.29 is 14.5 Å². The minimum absolute atomic E-state index is 0.0120. The quantitative estimate of drug-likeness (QED) is 0.117. The molecule has 0 spiro atoms. The van der Waals surface area contributed by atoms with E-state index in [1.54, 1.807) is 60.8 Å². The number of hydrogen-bond donors (Lipinski definition) is 0. The number of carbonyl (C=O) groups is 2. The summed E-state index contributed by atoms with van der Waals surface area (Å²) in [5, 5.41) is 11.4. The summed E-state index contributed by atoms with van der Waals surface area (Å²) in [7, 11) is 0. The van der Waals surface area contributed by atoms with Gasteiger partial charge in [0.25, 0.3) is 5.69 Å². The number of rotatable bonds is 6. The molecule has 212 valence electrons. The predicted molar refractivity (Wildman–Crippen MR) is 170 cm³/mol. The second-order valence-electron chi connectivity index (χ2n) is 10.7. The number of ketones is 2.